The number of amides is 1. The number of carbonyl (C=O) groups is 1. The van der Waals surface area contributed by atoms with Crippen LogP contribution in [0.1, 0.15) is 45.6 Å². The molecule has 0 radical (unpaired) electrons. The summed E-state index contributed by atoms with van der Waals surface area (Å²) in [5.41, 5.74) is 0.488. The fourth-order valence-electron chi connectivity index (χ4n) is 6.08. The van der Waals surface area contributed by atoms with Crippen LogP contribution < -0.4 is 4.90 Å². The van der Waals surface area contributed by atoms with Crippen LogP contribution in [0.4, 0.5) is 18.9 Å². The Bertz CT molecular complexity index is 801. The molecular formula is C23H32F3N3O. The highest BCUT2D eigenvalue weighted by molar-refractivity contribution is 5.79. The number of carbonyl (C=O) groups excluding carboxylic acids is 1. The minimum atomic E-state index is -4.33. The molecule has 1 aliphatic carbocycles. The highest BCUT2D eigenvalue weighted by Crippen LogP contribution is 2.52. The average Bonchev–Trinajstić information content (AvgIpc) is 2.90. The number of likely N-dealkylation sites (tertiary alicyclic amines) is 1. The Labute approximate surface area is 177 Å². The minimum absolute atomic E-state index is 0.203. The smallest absolute Gasteiger partial charge is 0.369 e. The first-order valence-electron chi connectivity index (χ1n) is 10.9. The molecule has 166 valence electrons. The van der Waals surface area contributed by atoms with Crippen LogP contribution in [-0.2, 0) is 11.0 Å². The number of rotatable bonds is 3. The summed E-state index contributed by atoms with van der Waals surface area (Å²) >= 11 is 0. The van der Waals surface area contributed by atoms with Crippen LogP contribution in [0, 0.1) is 10.8 Å². The summed E-state index contributed by atoms with van der Waals surface area (Å²) in [5.74, 6) is 0.203. The van der Waals surface area contributed by atoms with E-state index in [0.717, 1.165) is 31.9 Å². The number of anilines is 1. The van der Waals surface area contributed by atoms with Crippen LogP contribution in [0.5, 0.6) is 0 Å². The predicted molar refractivity (Wildman–Crippen MR) is 111 cm³/mol. The summed E-state index contributed by atoms with van der Waals surface area (Å²) in [7, 11) is 0. The van der Waals surface area contributed by atoms with E-state index in [9.17, 15) is 18.0 Å². The van der Waals surface area contributed by atoms with E-state index in [0.29, 0.717) is 44.5 Å². The Balaban J connectivity index is 1.33. The number of nitrogens with zero attached hydrogens (tertiary/aromatic N) is 3. The first kappa shape index (κ1) is 21.5. The second-order valence-electron chi connectivity index (χ2n) is 10.5. The van der Waals surface area contributed by atoms with Crippen LogP contribution in [0.15, 0.2) is 24.3 Å². The van der Waals surface area contributed by atoms with Crippen LogP contribution >= 0.6 is 0 Å². The number of halogens is 3. The molecule has 0 unspecified atom stereocenters. The fraction of sp³-hybridized carbons (Fsp3) is 0.696. The summed E-state index contributed by atoms with van der Waals surface area (Å²) < 4.78 is 39.0. The molecule has 1 aromatic carbocycles. The van der Waals surface area contributed by atoms with Crippen molar-refractivity contribution in [1.29, 1.82) is 0 Å². The van der Waals surface area contributed by atoms with Gasteiger partial charge in [-0.25, -0.2) is 0 Å². The zero-order chi connectivity index (χ0) is 21.7. The van der Waals surface area contributed by atoms with Gasteiger partial charge in [-0.2, -0.15) is 13.2 Å². The van der Waals surface area contributed by atoms with E-state index in [-0.39, 0.29) is 16.7 Å². The van der Waals surface area contributed by atoms with E-state index in [4.69, 9.17) is 0 Å². The van der Waals surface area contributed by atoms with Crippen molar-refractivity contribution in [2.24, 2.45) is 10.8 Å². The Morgan fingerprint density at radius 1 is 1.10 bits per heavy atom. The zero-order valence-electron chi connectivity index (χ0n) is 18.1. The third-order valence-electron chi connectivity index (χ3n) is 7.00. The van der Waals surface area contributed by atoms with Gasteiger partial charge in [0.25, 0.3) is 0 Å². The molecule has 7 heteroatoms. The third-order valence-corrected chi connectivity index (χ3v) is 7.00. The van der Waals surface area contributed by atoms with Crippen LogP contribution in [0.2, 0.25) is 0 Å². The normalized spacial score (nSPS) is 29.3. The molecule has 0 spiro atoms. The summed E-state index contributed by atoms with van der Waals surface area (Å²) in [4.78, 5) is 19.3. The second-order valence-corrected chi connectivity index (χ2v) is 10.5. The monoisotopic (exact) mass is 423 g/mol. The number of alkyl halides is 3. The molecule has 30 heavy (non-hydrogen) atoms. The summed E-state index contributed by atoms with van der Waals surface area (Å²) in [6, 6.07) is 5.85. The molecule has 4 nitrogen and oxygen atoms in total. The van der Waals surface area contributed by atoms with Crippen molar-refractivity contribution in [2.75, 3.05) is 44.2 Å². The zero-order valence-corrected chi connectivity index (χ0v) is 18.1. The topological polar surface area (TPSA) is 26.8 Å². The van der Waals surface area contributed by atoms with Gasteiger partial charge in [0.15, 0.2) is 0 Å². The van der Waals surface area contributed by atoms with Gasteiger partial charge in [-0.15, -0.1) is 0 Å². The Morgan fingerprint density at radius 3 is 2.47 bits per heavy atom. The second kappa shape index (κ2) is 7.43. The van der Waals surface area contributed by atoms with Crippen molar-refractivity contribution in [3.63, 3.8) is 0 Å². The van der Waals surface area contributed by atoms with E-state index >= 15 is 0 Å². The Morgan fingerprint density at radius 2 is 1.80 bits per heavy atom. The Hall–Kier alpha value is -1.76. The maximum atomic E-state index is 13.1. The molecule has 1 amide bonds. The summed E-state index contributed by atoms with van der Waals surface area (Å²) in [5, 5.41) is 0. The van der Waals surface area contributed by atoms with Gasteiger partial charge in [0.1, 0.15) is 0 Å². The molecule has 1 aromatic rings. The number of piperazine rings is 1. The molecule has 0 N–H and O–H groups in total. The van der Waals surface area contributed by atoms with Crippen molar-refractivity contribution in [3.05, 3.63) is 29.8 Å². The molecule has 2 aliphatic heterocycles. The largest absolute Gasteiger partial charge is 0.416 e. The number of fused-ring (bicyclic) bond motifs is 2. The molecule has 2 atom stereocenters. The van der Waals surface area contributed by atoms with Crippen molar-refractivity contribution in [2.45, 2.75) is 52.3 Å². The lowest BCUT2D eigenvalue weighted by atomic mass is 9.65. The number of hydrogen-bond acceptors (Lipinski definition) is 3. The van der Waals surface area contributed by atoms with Crippen molar-refractivity contribution >= 4 is 11.6 Å². The first-order chi connectivity index (χ1) is 13.9. The van der Waals surface area contributed by atoms with E-state index in [1.807, 2.05) is 4.90 Å². The lowest BCUT2D eigenvalue weighted by Gasteiger charge is -2.39. The van der Waals surface area contributed by atoms with Gasteiger partial charge in [0, 0.05) is 44.5 Å². The van der Waals surface area contributed by atoms with Crippen LogP contribution in [0.3, 0.4) is 0 Å². The van der Waals surface area contributed by atoms with Gasteiger partial charge in [0.05, 0.1) is 12.1 Å². The Kier molecular flexibility index (Phi) is 5.32. The first-order valence-corrected chi connectivity index (χ1v) is 10.9. The molecule has 2 saturated heterocycles. The summed E-state index contributed by atoms with van der Waals surface area (Å²) in [6.45, 7) is 10.8. The van der Waals surface area contributed by atoms with Crippen molar-refractivity contribution < 1.29 is 18.0 Å². The molecule has 4 rings (SSSR count). The fourth-order valence-corrected chi connectivity index (χ4v) is 6.08. The van der Waals surface area contributed by atoms with Crippen molar-refractivity contribution in [1.82, 2.24) is 9.80 Å². The minimum Gasteiger partial charge on any atom is -0.369 e. The molecule has 2 heterocycles. The van der Waals surface area contributed by atoms with E-state index in [1.165, 1.54) is 12.1 Å². The van der Waals surface area contributed by atoms with Gasteiger partial charge >= 0.3 is 6.18 Å². The SMILES string of the molecule is CC1(C)C[C@H]2C[C@](C)(CN2C(=O)CN2CCN(c3cccc(C(F)(F)F)c3)CC2)C1. The molecule has 3 fully saturated rings. The lowest BCUT2D eigenvalue weighted by Crippen LogP contribution is -2.51. The van der Waals surface area contributed by atoms with Crippen LogP contribution in [0.25, 0.3) is 0 Å². The molecule has 3 aliphatic rings. The van der Waals surface area contributed by atoms with E-state index in [2.05, 4.69) is 30.6 Å². The van der Waals surface area contributed by atoms with E-state index in [1.54, 1.807) is 6.07 Å². The molecular weight excluding hydrogens is 391 g/mol. The molecule has 2 bridgehead atoms. The standard InChI is InChI=1S/C23H32F3N3O/c1-21(2)12-19-13-22(3,15-21)16-29(19)20(30)14-27-7-9-28(10-8-27)18-6-4-5-17(11-18)23(24,25)26/h4-6,11,19H,7-10,12-16H2,1-3H3/t19-,22-/m0/s1. The maximum absolute atomic E-state index is 13.1. The molecule has 1 saturated carbocycles. The van der Waals surface area contributed by atoms with Gasteiger partial charge < -0.3 is 9.80 Å². The highest BCUT2D eigenvalue weighted by atomic mass is 19.4. The number of benzene rings is 1. The number of hydrogen-bond donors (Lipinski definition) is 0. The van der Waals surface area contributed by atoms with Gasteiger partial charge in [-0.1, -0.05) is 26.8 Å². The maximum Gasteiger partial charge on any atom is 0.416 e. The highest BCUT2D eigenvalue weighted by Gasteiger charge is 2.50. The van der Waals surface area contributed by atoms with Gasteiger partial charge in [0.2, 0.25) is 5.91 Å². The quantitative estimate of drug-likeness (QED) is 0.727. The third kappa shape index (κ3) is 4.46. The average molecular weight is 424 g/mol. The van der Waals surface area contributed by atoms with Gasteiger partial charge in [-0.05, 0) is 48.3 Å². The van der Waals surface area contributed by atoms with E-state index < -0.39 is 11.7 Å². The summed E-state index contributed by atoms with van der Waals surface area (Å²) in [6.07, 6.45) is -0.998. The van der Waals surface area contributed by atoms with Crippen LogP contribution in [-0.4, -0.2) is 61.0 Å². The predicted octanol–water partition coefficient (Wildman–Crippen LogP) is 4.25. The molecule has 0 aromatic heterocycles. The lowest BCUT2D eigenvalue weighted by molar-refractivity contribution is -0.137. The van der Waals surface area contributed by atoms with Gasteiger partial charge in [-0.3, -0.25) is 9.69 Å². The van der Waals surface area contributed by atoms with Crippen molar-refractivity contribution in [3.8, 4) is 0 Å².